The third-order valence-electron chi connectivity index (χ3n) is 2.75. The molecule has 0 radical (unpaired) electrons. The van der Waals surface area contributed by atoms with Crippen LogP contribution in [0.1, 0.15) is 31.2 Å². The van der Waals surface area contributed by atoms with E-state index in [0.29, 0.717) is 6.54 Å². The van der Waals surface area contributed by atoms with Gasteiger partial charge in [0, 0.05) is 24.4 Å². The van der Waals surface area contributed by atoms with E-state index >= 15 is 0 Å². The fraction of sp³-hybridized carbons (Fsp3) is 0.538. The second-order valence-electron chi connectivity index (χ2n) is 4.47. The van der Waals surface area contributed by atoms with Crippen LogP contribution in [0, 0.1) is 0 Å². The van der Waals surface area contributed by atoms with Crippen molar-refractivity contribution in [2.45, 2.75) is 32.4 Å². The Morgan fingerprint density at radius 1 is 1.42 bits per heavy atom. The predicted octanol–water partition coefficient (Wildman–Crippen LogP) is 1.04. The van der Waals surface area contributed by atoms with Crippen LogP contribution >= 0.6 is 11.3 Å². The molecule has 1 heterocycles. The average Bonchev–Trinajstić information content (AvgIpc) is 2.88. The molecule has 106 valence electrons. The van der Waals surface area contributed by atoms with Gasteiger partial charge in [0.05, 0.1) is 12.5 Å². The molecule has 2 amide bonds. The molecule has 3 N–H and O–H groups in total. The molecule has 2 unspecified atom stereocenters. The first-order valence-corrected chi connectivity index (χ1v) is 7.15. The largest absolute Gasteiger partial charge is 0.354 e. The molecule has 0 aliphatic heterocycles. The maximum atomic E-state index is 11.9. The summed E-state index contributed by atoms with van der Waals surface area (Å²) in [5.74, 6) is -0.191. The van der Waals surface area contributed by atoms with Crippen LogP contribution in [0.4, 0.5) is 0 Å². The van der Waals surface area contributed by atoms with E-state index < -0.39 is 0 Å². The van der Waals surface area contributed by atoms with Crippen molar-refractivity contribution < 1.29 is 9.59 Å². The summed E-state index contributed by atoms with van der Waals surface area (Å²) in [6.45, 7) is 4.03. The van der Waals surface area contributed by atoms with Crippen molar-refractivity contribution in [2.24, 2.45) is 0 Å². The van der Waals surface area contributed by atoms with E-state index in [1.165, 1.54) is 18.3 Å². The Hall–Kier alpha value is -1.40. The number of nitrogens with one attached hydrogen (secondary N) is 3. The molecular formula is C13H21N3O2S. The number of likely N-dealkylation sites (N-methyl/N-ethyl adjacent to an activating group) is 1. The minimum Gasteiger partial charge on any atom is -0.354 e. The SMILES string of the molecule is CNC(C)CNC(=O)CC(NC(C)=O)c1cccs1. The van der Waals surface area contributed by atoms with Gasteiger partial charge in [0.1, 0.15) is 0 Å². The van der Waals surface area contributed by atoms with Crippen LogP contribution in [-0.2, 0) is 9.59 Å². The summed E-state index contributed by atoms with van der Waals surface area (Å²) in [6, 6.07) is 3.82. The third kappa shape index (κ3) is 5.85. The molecule has 19 heavy (non-hydrogen) atoms. The minimum atomic E-state index is -0.248. The average molecular weight is 283 g/mol. The highest BCUT2D eigenvalue weighted by molar-refractivity contribution is 7.10. The first-order chi connectivity index (χ1) is 9.02. The number of thiophene rings is 1. The molecule has 0 bridgehead atoms. The quantitative estimate of drug-likeness (QED) is 0.700. The molecule has 0 aromatic carbocycles. The minimum absolute atomic E-state index is 0.0609. The maximum absolute atomic E-state index is 11.9. The van der Waals surface area contributed by atoms with Gasteiger partial charge in [-0.05, 0) is 25.4 Å². The number of rotatable bonds is 7. The van der Waals surface area contributed by atoms with Gasteiger partial charge in [0.2, 0.25) is 11.8 Å². The van der Waals surface area contributed by atoms with Crippen LogP contribution < -0.4 is 16.0 Å². The van der Waals surface area contributed by atoms with Crippen LogP contribution in [0.15, 0.2) is 17.5 Å². The molecule has 1 rings (SSSR count). The van der Waals surface area contributed by atoms with Gasteiger partial charge in [-0.3, -0.25) is 9.59 Å². The zero-order valence-electron chi connectivity index (χ0n) is 11.5. The van der Waals surface area contributed by atoms with Gasteiger partial charge in [0.15, 0.2) is 0 Å². The molecule has 0 saturated heterocycles. The molecule has 5 nitrogen and oxygen atoms in total. The summed E-state index contributed by atoms with van der Waals surface area (Å²) in [5.41, 5.74) is 0. The lowest BCUT2D eigenvalue weighted by Gasteiger charge is -2.17. The molecule has 6 heteroatoms. The highest BCUT2D eigenvalue weighted by Crippen LogP contribution is 2.21. The number of carbonyl (C=O) groups is 2. The van der Waals surface area contributed by atoms with Crippen LogP contribution in [0.2, 0.25) is 0 Å². The lowest BCUT2D eigenvalue weighted by Crippen LogP contribution is -2.39. The molecule has 0 fully saturated rings. The zero-order valence-corrected chi connectivity index (χ0v) is 12.3. The molecule has 2 atom stereocenters. The fourth-order valence-corrected chi connectivity index (χ4v) is 2.36. The third-order valence-corrected chi connectivity index (χ3v) is 3.74. The van der Waals surface area contributed by atoms with E-state index in [1.54, 1.807) is 0 Å². The first-order valence-electron chi connectivity index (χ1n) is 6.27. The summed E-state index contributed by atoms with van der Waals surface area (Å²) in [6.07, 6.45) is 0.260. The van der Waals surface area contributed by atoms with Crippen molar-refractivity contribution in [3.8, 4) is 0 Å². The Labute approximate surface area is 117 Å². The lowest BCUT2D eigenvalue weighted by molar-refractivity contribution is -0.122. The van der Waals surface area contributed by atoms with Crippen molar-refractivity contribution in [2.75, 3.05) is 13.6 Å². The van der Waals surface area contributed by atoms with E-state index in [1.807, 2.05) is 31.5 Å². The van der Waals surface area contributed by atoms with E-state index in [9.17, 15) is 9.59 Å². The molecule has 0 aliphatic rings. The molecule has 1 aromatic heterocycles. The summed E-state index contributed by atoms with van der Waals surface area (Å²) in [5, 5.41) is 10.6. The Balaban J connectivity index is 2.53. The molecule has 0 saturated carbocycles. The van der Waals surface area contributed by atoms with E-state index in [-0.39, 0.29) is 30.3 Å². The summed E-state index contributed by atoms with van der Waals surface area (Å²) in [4.78, 5) is 24.1. The van der Waals surface area contributed by atoms with Gasteiger partial charge in [-0.25, -0.2) is 0 Å². The summed E-state index contributed by atoms with van der Waals surface area (Å²) < 4.78 is 0. The normalized spacial score (nSPS) is 13.6. The van der Waals surface area contributed by atoms with Crippen LogP contribution in [0.25, 0.3) is 0 Å². The number of amides is 2. The molecule has 0 spiro atoms. The van der Waals surface area contributed by atoms with Crippen LogP contribution in [0.3, 0.4) is 0 Å². The van der Waals surface area contributed by atoms with Gasteiger partial charge in [-0.1, -0.05) is 6.07 Å². The van der Waals surface area contributed by atoms with Crippen LogP contribution in [0.5, 0.6) is 0 Å². The number of hydrogen-bond acceptors (Lipinski definition) is 4. The van der Waals surface area contributed by atoms with Crippen molar-refractivity contribution in [3.05, 3.63) is 22.4 Å². The summed E-state index contributed by atoms with van der Waals surface area (Å²) in [7, 11) is 1.85. The van der Waals surface area contributed by atoms with Crippen LogP contribution in [-0.4, -0.2) is 31.4 Å². The zero-order chi connectivity index (χ0) is 14.3. The van der Waals surface area contributed by atoms with Gasteiger partial charge in [-0.2, -0.15) is 0 Å². The molecule has 0 aliphatic carbocycles. The topological polar surface area (TPSA) is 70.2 Å². The Kier molecular flexibility index (Phi) is 6.52. The Morgan fingerprint density at radius 2 is 2.16 bits per heavy atom. The molecule has 1 aromatic rings. The van der Waals surface area contributed by atoms with Gasteiger partial charge >= 0.3 is 0 Å². The van der Waals surface area contributed by atoms with E-state index in [0.717, 1.165) is 4.88 Å². The van der Waals surface area contributed by atoms with E-state index in [2.05, 4.69) is 16.0 Å². The predicted molar refractivity (Wildman–Crippen MR) is 77.0 cm³/mol. The fourth-order valence-electron chi connectivity index (χ4n) is 1.58. The highest BCUT2D eigenvalue weighted by Gasteiger charge is 2.18. The van der Waals surface area contributed by atoms with Gasteiger partial charge in [-0.15, -0.1) is 11.3 Å². The van der Waals surface area contributed by atoms with Crippen molar-refractivity contribution in [3.63, 3.8) is 0 Å². The monoisotopic (exact) mass is 283 g/mol. The maximum Gasteiger partial charge on any atom is 0.222 e. The molecular weight excluding hydrogens is 262 g/mol. The summed E-state index contributed by atoms with van der Waals surface area (Å²) >= 11 is 1.54. The Bertz CT molecular complexity index is 406. The second-order valence-corrected chi connectivity index (χ2v) is 5.45. The van der Waals surface area contributed by atoms with Crippen molar-refractivity contribution >= 4 is 23.2 Å². The first kappa shape index (κ1) is 15.7. The number of hydrogen-bond donors (Lipinski definition) is 3. The standard InChI is InChI=1S/C13H21N3O2S/c1-9(14-3)8-15-13(18)7-11(16-10(2)17)12-5-4-6-19-12/h4-6,9,11,14H,7-8H2,1-3H3,(H,15,18)(H,16,17). The Morgan fingerprint density at radius 3 is 2.68 bits per heavy atom. The van der Waals surface area contributed by atoms with Crippen molar-refractivity contribution in [1.82, 2.24) is 16.0 Å². The van der Waals surface area contributed by atoms with Crippen molar-refractivity contribution in [1.29, 1.82) is 0 Å². The second kappa shape index (κ2) is 7.91. The van der Waals surface area contributed by atoms with E-state index in [4.69, 9.17) is 0 Å². The van der Waals surface area contributed by atoms with Gasteiger partial charge in [0.25, 0.3) is 0 Å². The smallest absolute Gasteiger partial charge is 0.222 e. The van der Waals surface area contributed by atoms with Gasteiger partial charge < -0.3 is 16.0 Å². The number of carbonyl (C=O) groups excluding carboxylic acids is 2. The lowest BCUT2D eigenvalue weighted by atomic mass is 10.1. The highest BCUT2D eigenvalue weighted by atomic mass is 32.1.